The highest BCUT2D eigenvalue weighted by Gasteiger charge is 2.30. The Morgan fingerprint density at radius 1 is 1.31 bits per heavy atom. The minimum Gasteiger partial charge on any atom is -0.491 e. The molecule has 1 amide bonds. The summed E-state index contributed by atoms with van der Waals surface area (Å²) < 4.78 is 12.9. The zero-order valence-corrected chi connectivity index (χ0v) is 14.8. The number of hydrogen-bond donors (Lipinski definition) is 1. The van der Waals surface area contributed by atoms with E-state index in [9.17, 15) is 4.79 Å². The average Bonchev–Trinajstić information content (AvgIpc) is 3.25. The van der Waals surface area contributed by atoms with Crippen molar-refractivity contribution in [3.63, 3.8) is 0 Å². The van der Waals surface area contributed by atoms with Gasteiger partial charge < -0.3 is 14.5 Å². The van der Waals surface area contributed by atoms with Gasteiger partial charge in [0.15, 0.2) is 0 Å². The number of benzene rings is 1. The molecule has 0 radical (unpaired) electrons. The Morgan fingerprint density at radius 3 is 2.81 bits per heavy atom. The maximum Gasteiger partial charge on any atom is 0.226 e. The van der Waals surface area contributed by atoms with Gasteiger partial charge in [-0.1, -0.05) is 12.1 Å². The van der Waals surface area contributed by atoms with Gasteiger partial charge in [-0.2, -0.15) is 5.10 Å². The van der Waals surface area contributed by atoms with Gasteiger partial charge in [0.1, 0.15) is 23.9 Å². The van der Waals surface area contributed by atoms with Gasteiger partial charge in [0.2, 0.25) is 5.91 Å². The van der Waals surface area contributed by atoms with Crippen LogP contribution < -0.4 is 10.1 Å². The quantitative estimate of drug-likeness (QED) is 0.759. The van der Waals surface area contributed by atoms with Crippen LogP contribution in [-0.2, 0) is 11.3 Å². The number of rotatable bonds is 5. The summed E-state index contributed by atoms with van der Waals surface area (Å²) in [6, 6.07) is 11.7. The summed E-state index contributed by atoms with van der Waals surface area (Å²) >= 11 is 0. The highest BCUT2D eigenvalue weighted by molar-refractivity contribution is 5.94. The van der Waals surface area contributed by atoms with E-state index >= 15 is 0 Å². The summed E-state index contributed by atoms with van der Waals surface area (Å²) in [5.74, 6) is 2.34. The van der Waals surface area contributed by atoms with Crippen LogP contribution in [0.15, 0.2) is 53.3 Å². The summed E-state index contributed by atoms with van der Waals surface area (Å²) in [4.78, 5) is 12.3. The van der Waals surface area contributed by atoms with Crippen LogP contribution in [0.4, 0.5) is 5.82 Å². The van der Waals surface area contributed by atoms with Crippen LogP contribution in [0.2, 0.25) is 0 Å². The van der Waals surface area contributed by atoms with Gasteiger partial charge >= 0.3 is 0 Å². The van der Waals surface area contributed by atoms with Crippen LogP contribution in [0, 0.1) is 0 Å². The summed E-state index contributed by atoms with van der Waals surface area (Å²) in [6.45, 7) is 4.48. The van der Waals surface area contributed by atoms with Gasteiger partial charge in [0.25, 0.3) is 0 Å². The monoisotopic (exact) mass is 351 g/mol. The number of hydrogen-bond acceptors (Lipinski definition) is 4. The van der Waals surface area contributed by atoms with E-state index in [1.54, 1.807) is 10.9 Å². The Morgan fingerprint density at radius 2 is 2.12 bits per heavy atom. The fourth-order valence-corrected chi connectivity index (χ4v) is 3.29. The molecule has 1 aliphatic heterocycles. The molecule has 6 heteroatoms. The Balaban J connectivity index is 1.63. The van der Waals surface area contributed by atoms with E-state index in [1.807, 2.05) is 56.4 Å². The smallest absolute Gasteiger partial charge is 0.226 e. The number of amides is 1. The topological polar surface area (TPSA) is 69.3 Å². The Labute approximate surface area is 151 Å². The van der Waals surface area contributed by atoms with Crippen molar-refractivity contribution in [3.05, 3.63) is 65.7 Å². The molecule has 26 heavy (non-hydrogen) atoms. The first-order chi connectivity index (χ1) is 12.6. The van der Waals surface area contributed by atoms with Crippen molar-refractivity contribution in [2.45, 2.75) is 38.8 Å². The van der Waals surface area contributed by atoms with E-state index in [4.69, 9.17) is 9.15 Å². The van der Waals surface area contributed by atoms with Crippen LogP contribution in [0.5, 0.6) is 5.75 Å². The van der Waals surface area contributed by atoms with Crippen molar-refractivity contribution in [1.29, 1.82) is 0 Å². The molecule has 1 aliphatic rings. The lowest BCUT2D eigenvalue weighted by Gasteiger charge is -2.24. The normalized spacial score (nSPS) is 16.4. The number of nitrogens with one attached hydrogen (secondary N) is 1. The van der Waals surface area contributed by atoms with E-state index in [0.717, 1.165) is 28.5 Å². The third-order valence-electron chi connectivity index (χ3n) is 4.43. The maximum absolute atomic E-state index is 12.3. The molecule has 1 atom stereocenters. The molecule has 134 valence electrons. The largest absolute Gasteiger partial charge is 0.491 e. The van der Waals surface area contributed by atoms with Crippen molar-refractivity contribution < 1.29 is 13.9 Å². The molecule has 1 aromatic carbocycles. The molecule has 0 fully saturated rings. The summed E-state index contributed by atoms with van der Waals surface area (Å²) in [5, 5.41) is 7.41. The number of carbonyl (C=O) groups is 1. The predicted octanol–water partition coefficient (Wildman–Crippen LogP) is 3.79. The van der Waals surface area contributed by atoms with Crippen molar-refractivity contribution >= 4 is 11.7 Å². The summed E-state index contributed by atoms with van der Waals surface area (Å²) in [7, 11) is 0. The fourth-order valence-electron chi connectivity index (χ4n) is 3.29. The molecule has 0 bridgehead atoms. The summed E-state index contributed by atoms with van der Waals surface area (Å²) in [6.07, 6.45) is 4.01. The van der Waals surface area contributed by atoms with Crippen molar-refractivity contribution in [2.24, 2.45) is 0 Å². The minimum atomic E-state index is -0.0165. The molecule has 2 aromatic heterocycles. The SMILES string of the molecule is CC(C)Oc1ccc([C@@H]2CC(=O)Nc3c2cnn3Cc2ccco2)cc1. The summed E-state index contributed by atoms with van der Waals surface area (Å²) in [5.41, 5.74) is 2.10. The number of ether oxygens (including phenoxy) is 1. The predicted molar refractivity (Wildman–Crippen MR) is 97.3 cm³/mol. The van der Waals surface area contributed by atoms with Crippen molar-refractivity contribution in [2.75, 3.05) is 5.32 Å². The number of carbonyl (C=O) groups excluding carboxylic acids is 1. The fraction of sp³-hybridized carbons (Fsp3) is 0.300. The third-order valence-corrected chi connectivity index (χ3v) is 4.43. The molecular formula is C20H21N3O3. The molecule has 3 aromatic rings. The molecule has 0 saturated carbocycles. The molecule has 0 saturated heterocycles. The zero-order valence-electron chi connectivity index (χ0n) is 14.8. The van der Waals surface area contributed by atoms with E-state index in [0.29, 0.717) is 13.0 Å². The number of anilines is 1. The standard InChI is InChI=1S/C20H21N3O3/c1-13(2)26-15-7-5-14(6-8-15)17-10-19(24)22-20-18(17)11-21-23(20)12-16-4-3-9-25-16/h3-9,11,13,17H,10,12H2,1-2H3,(H,22,24)/t17-/m0/s1. The molecule has 0 unspecified atom stereocenters. The van der Waals surface area contributed by atoms with Gasteiger partial charge in [0, 0.05) is 17.9 Å². The van der Waals surface area contributed by atoms with Crippen LogP contribution >= 0.6 is 0 Å². The lowest BCUT2D eigenvalue weighted by Crippen LogP contribution is -2.25. The highest BCUT2D eigenvalue weighted by Crippen LogP contribution is 2.37. The first-order valence-electron chi connectivity index (χ1n) is 8.74. The minimum absolute atomic E-state index is 0.00815. The Hall–Kier alpha value is -3.02. The number of furan rings is 1. The molecule has 6 nitrogen and oxygen atoms in total. The lowest BCUT2D eigenvalue weighted by molar-refractivity contribution is -0.116. The van der Waals surface area contributed by atoms with Crippen LogP contribution in [0.1, 0.15) is 43.1 Å². The second kappa shape index (κ2) is 6.71. The number of fused-ring (bicyclic) bond motifs is 1. The molecule has 3 heterocycles. The third kappa shape index (κ3) is 3.22. The molecule has 1 N–H and O–H groups in total. The Bertz CT molecular complexity index is 895. The average molecular weight is 351 g/mol. The van der Waals surface area contributed by atoms with Gasteiger partial charge in [-0.3, -0.25) is 4.79 Å². The van der Waals surface area contributed by atoms with Crippen LogP contribution in [-0.4, -0.2) is 21.8 Å². The van der Waals surface area contributed by atoms with Gasteiger partial charge in [-0.05, 0) is 43.7 Å². The number of nitrogens with zero attached hydrogens (tertiary/aromatic N) is 2. The van der Waals surface area contributed by atoms with Crippen LogP contribution in [0.25, 0.3) is 0 Å². The second-order valence-electron chi connectivity index (χ2n) is 6.73. The van der Waals surface area contributed by atoms with Crippen molar-refractivity contribution in [3.8, 4) is 5.75 Å². The Kier molecular flexibility index (Phi) is 4.24. The first kappa shape index (κ1) is 16.4. The molecule has 4 rings (SSSR count). The first-order valence-corrected chi connectivity index (χ1v) is 8.74. The highest BCUT2D eigenvalue weighted by atomic mass is 16.5. The van der Waals surface area contributed by atoms with E-state index in [1.165, 1.54) is 0 Å². The van der Waals surface area contributed by atoms with Crippen LogP contribution in [0.3, 0.4) is 0 Å². The van der Waals surface area contributed by atoms with E-state index in [-0.39, 0.29) is 17.9 Å². The molecule has 0 spiro atoms. The maximum atomic E-state index is 12.3. The van der Waals surface area contributed by atoms with E-state index in [2.05, 4.69) is 10.4 Å². The van der Waals surface area contributed by atoms with Gasteiger partial charge in [-0.15, -0.1) is 0 Å². The van der Waals surface area contributed by atoms with Gasteiger partial charge in [-0.25, -0.2) is 4.68 Å². The lowest BCUT2D eigenvalue weighted by atomic mass is 9.87. The second-order valence-corrected chi connectivity index (χ2v) is 6.73. The van der Waals surface area contributed by atoms with Crippen molar-refractivity contribution in [1.82, 2.24) is 9.78 Å². The molecule has 0 aliphatic carbocycles. The zero-order chi connectivity index (χ0) is 18.1. The van der Waals surface area contributed by atoms with Gasteiger partial charge in [0.05, 0.1) is 18.6 Å². The molecular weight excluding hydrogens is 330 g/mol. The van der Waals surface area contributed by atoms with E-state index < -0.39 is 0 Å². The number of aromatic nitrogens is 2.